The first kappa shape index (κ1) is 17.4. The fourth-order valence-corrected chi connectivity index (χ4v) is 2.80. The van der Waals surface area contributed by atoms with Crippen LogP contribution in [-0.2, 0) is 4.79 Å². The molecule has 2 aromatic heterocycles. The highest BCUT2D eigenvalue weighted by Gasteiger charge is 2.36. The molecule has 26 heavy (non-hydrogen) atoms. The molecule has 0 aromatic carbocycles. The summed E-state index contributed by atoms with van der Waals surface area (Å²) in [5.74, 6) is -0.865. The van der Waals surface area contributed by atoms with Gasteiger partial charge in [0.2, 0.25) is 0 Å². The molecule has 0 saturated carbocycles. The number of nitrogens with one attached hydrogen (secondary N) is 1. The van der Waals surface area contributed by atoms with Gasteiger partial charge in [0.25, 0.3) is 0 Å². The zero-order chi connectivity index (χ0) is 18.7. The van der Waals surface area contributed by atoms with E-state index in [4.69, 9.17) is 10.2 Å². The normalized spacial score (nSPS) is 15.6. The van der Waals surface area contributed by atoms with Crippen LogP contribution in [0.3, 0.4) is 0 Å². The van der Waals surface area contributed by atoms with Crippen LogP contribution in [0.15, 0.2) is 33.3 Å². The summed E-state index contributed by atoms with van der Waals surface area (Å²) in [7, 11) is 0. The van der Waals surface area contributed by atoms with Gasteiger partial charge in [0.05, 0.1) is 31.3 Å². The van der Waals surface area contributed by atoms with Crippen LogP contribution in [0.4, 0.5) is 14.7 Å². The Morgan fingerprint density at radius 1 is 1.50 bits per heavy atom. The van der Waals surface area contributed by atoms with Gasteiger partial charge in [-0.3, -0.25) is 0 Å². The fourth-order valence-electron chi connectivity index (χ4n) is 2.21. The third-order valence-electron chi connectivity index (χ3n) is 3.45. The van der Waals surface area contributed by atoms with E-state index in [-0.39, 0.29) is 23.9 Å². The molecule has 1 aliphatic rings. The van der Waals surface area contributed by atoms with E-state index in [1.807, 2.05) is 0 Å². The number of rotatable bonds is 5. The van der Waals surface area contributed by atoms with Crippen LogP contribution >= 0.6 is 11.3 Å². The molecule has 1 fully saturated rings. The van der Waals surface area contributed by atoms with Crippen LogP contribution in [0, 0.1) is 0 Å². The second-order valence-corrected chi connectivity index (χ2v) is 6.04. The van der Waals surface area contributed by atoms with Gasteiger partial charge in [0.1, 0.15) is 5.76 Å². The number of aliphatic carboxylic acids is 1. The number of hydrogen-bond acceptors (Lipinski definition) is 8. The number of aromatic nitrogens is 1. The number of nitrogens with zero attached hydrogens (tertiary/aromatic N) is 4. The lowest BCUT2D eigenvalue weighted by Gasteiger charge is -2.18. The predicted octanol–water partition coefficient (Wildman–Crippen LogP) is 0.925. The number of nitrogen functional groups attached to an aromatic ring is 1. The van der Waals surface area contributed by atoms with E-state index >= 15 is 0 Å². The second-order valence-electron chi connectivity index (χ2n) is 5.15. The van der Waals surface area contributed by atoms with E-state index in [1.165, 1.54) is 17.9 Å². The van der Waals surface area contributed by atoms with Gasteiger partial charge in [-0.1, -0.05) is 0 Å². The maximum atomic E-state index is 12.3. The SMILES string of the molecule is Nc1nc([C@@H](NC(=O)N2CCN(N=Cc3ccco3)C2=O)C(=O)O)cs1. The van der Waals surface area contributed by atoms with Crippen molar-refractivity contribution in [3.8, 4) is 0 Å². The minimum atomic E-state index is -1.41. The van der Waals surface area contributed by atoms with E-state index in [0.29, 0.717) is 5.76 Å². The molecule has 0 bridgehead atoms. The highest BCUT2D eigenvalue weighted by atomic mass is 32.1. The Morgan fingerprint density at radius 3 is 2.92 bits per heavy atom. The van der Waals surface area contributed by atoms with E-state index < -0.39 is 24.1 Å². The van der Waals surface area contributed by atoms with Gasteiger partial charge in [-0.15, -0.1) is 11.3 Å². The third-order valence-corrected chi connectivity index (χ3v) is 4.14. The third kappa shape index (κ3) is 3.64. The quantitative estimate of drug-likeness (QED) is 0.654. The molecule has 4 amide bonds. The number of imide groups is 1. The van der Waals surface area contributed by atoms with Crippen LogP contribution in [-0.4, -0.2) is 57.3 Å². The lowest BCUT2D eigenvalue weighted by atomic mass is 10.2. The second kappa shape index (κ2) is 7.23. The Morgan fingerprint density at radius 2 is 2.31 bits per heavy atom. The molecule has 2 aromatic rings. The van der Waals surface area contributed by atoms with Crippen LogP contribution in [0.25, 0.3) is 0 Å². The van der Waals surface area contributed by atoms with Gasteiger partial charge >= 0.3 is 18.0 Å². The number of hydrogen-bond donors (Lipinski definition) is 3. The van der Waals surface area contributed by atoms with Gasteiger partial charge in [-0.25, -0.2) is 29.3 Å². The van der Waals surface area contributed by atoms with Crippen LogP contribution in [0.1, 0.15) is 17.5 Å². The molecule has 11 nitrogen and oxygen atoms in total. The summed E-state index contributed by atoms with van der Waals surface area (Å²) in [5.41, 5.74) is 5.58. The number of urea groups is 2. The van der Waals surface area contributed by atoms with Gasteiger partial charge in [0, 0.05) is 5.38 Å². The average Bonchev–Trinajstić information content (AvgIpc) is 3.32. The topological polar surface area (TPSA) is 154 Å². The number of anilines is 1. The molecule has 1 saturated heterocycles. The monoisotopic (exact) mass is 378 g/mol. The van der Waals surface area contributed by atoms with Crippen molar-refractivity contribution >= 4 is 40.7 Å². The van der Waals surface area contributed by atoms with E-state index in [9.17, 15) is 19.5 Å². The molecule has 3 rings (SSSR count). The molecular weight excluding hydrogens is 364 g/mol. The zero-order valence-electron chi connectivity index (χ0n) is 13.2. The number of carboxylic acid groups (broad SMARTS) is 1. The Kier molecular flexibility index (Phi) is 4.84. The van der Waals surface area contributed by atoms with Gasteiger partial charge in [-0.05, 0) is 12.1 Å². The highest BCUT2D eigenvalue weighted by molar-refractivity contribution is 7.13. The number of thiazole rings is 1. The molecule has 1 atom stereocenters. The molecule has 12 heteroatoms. The first-order valence-electron chi connectivity index (χ1n) is 7.36. The van der Waals surface area contributed by atoms with Crippen molar-refractivity contribution in [2.24, 2.45) is 5.10 Å². The molecule has 0 unspecified atom stereocenters. The number of carbonyl (C=O) groups excluding carboxylic acids is 2. The number of hydrazone groups is 1. The molecule has 0 aliphatic carbocycles. The Hall–Kier alpha value is -3.41. The minimum Gasteiger partial charge on any atom is -0.479 e. The predicted molar refractivity (Wildman–Crippen MR) is 90.5 cm³/mol. The lowest BCUT2D eigenvalue weighted by Crippen LogP contribution is -2.45. The summed E-state index contributed by atoms with van der Waals surface area (Å²) in [5, 5.41) is 18.2. The van der Waals surface area contributed by atoms with Crippen molar-refractivity contribution in [3.05, 3.63) is 35.2 Å². The van der Waals surface area contributed by atoms with E-state index in [0.717, 1.165) is 21.2 Å². The van der Waals surface area contributed by atoms with Crippen LogP contribution in [0.2, 0.25) is 0 Å². The maximum absolute atomic E-state index is 12.3. The number of carbonyl (C=O) groups is 3. The molecule has 4 N–H and O–H groups in total. The Bertz CT molecular complexity index is 848. The highest BCUT2D eigenvalue weighted by Crippen LogP contribution is 2.19. The summed E-state index contributed by atoms with van der Waals surface area (Å²) < 4.78 is 5.07. The fraction of sp³-hybridized carbons (Fsp3) is 0.214. The van der Waals surface area contributed by atoms with Crippen LogP contribution in [0.5, 0.6) is 0 Å². The smallest absolute Gasteiger partial charge is 0.348 e. The average molecular weight is 378 g/mol. The van der Waals surface area contributed by atoms with E-state index in [1.54, 1.807) is 12.1 Å². The molecule has 3 heterocycles. The van der Waals surface area contributed by atoms with Crippen molar-refractivity contribution < 1.29 is 23.9 Å². The molecule has 136 valence electrons. The summed E-state index contributed by atoms with van der Waals surface area (Å²) in [6.07, 6.45) is 2.81. The van der Waals surface area contributed by atoms with Crippen molar-refractivity contribution in [1.82, 2.24) is 20.2 Å². The summed E-state index contributed by atoms with van der Waals surface area (Å²) in [6, 6.07) is 0.386. The molecule has 1 aliphatic heterocycles. The molecule has 0 spiro atoms. The van der Waals surface area contributed by atoms with E-state index in [2.05, 4.69) is 15.4 Å². The van der Waals surface area contributed by atoms with Gasteiger partial charge < -0.3 is 20.6 Å². The number of nitrogens with two attached hydrogens (primary N) is 1. The molecule has 0 radical (unpaired) electrons. The summed E-state index contributed by atoms with van der Waals surface area (Å²) in [6.45, 7) is 0.233. The number of furan rings is 1. The molecular formula is C14H14N6O5S. The maximum Gasteiger partial charge on any atom is 0.348 e. The summed E-state index contributed by atoms with van der Waals surface area (Å²) in [4.78, 5) is 40.7. The van der Waals surface area contributed by atoms with Gasteiger partial charge in [0.15, 0.2) is 11.2 Å². The first-order valence-corrected chi connectivity index (χ1v) is 8.24. The number of amides is 4. The lowest BCUT2D eigenvalue weighted by molar-refractivity contribution is -0.139. The largest absolute Gasteiger partial charge is 0.479 e. The first-order chi connectivity index (χ1) is 12.5. The van der Waals surface area contributed by atoms with Crippen molar-refractivity contribution in [1.29, 1.82) is 0 Å². The zero-order valence-corrected chi connectivity index (χ0v) is 14.0. The number of carboxylic acids is 1. The minimum absolute atomic E-state index is 0.0612. The van der Waals surface area contributed by atoms with Crippen molar-refractivity contribution in [3.63, 3.8) is 0 Å². The Balaban J connectivity index is 1.66. The standard InChI is InChI=1S/C14H14N6O5S/c15-12-17-9(7-26-12)10(11(21)22)18-13(23)19-3-4-20(14(19)24)16-6-8-2-1-5-25-8/h1-2,5-7,10H,3-4H2,(H2,15,17)(H,18,23)(H,21,22)/t10-/m1/s1. The van der Waals surface area contributed by atoms with Crippen LogP contribution < -0.4 is 11.1 Å². The Labute approximate surface area is 150 Å². The van der Waals surface area contributed by atoms with Crippen molar-refractivity contribution in [2.45, 2.75) is 6.04 Å². The van der Waals surface area contributed by atoms with Crippen molar-refractivity contribution in [2.75, 3.05) is 18.8 Å². The summed E-state index contributed by atoms with van der Waals surface area (Å²) >= 11 is 1.05. The van der Waals surface area contributed by atoms with Gasteiger partial charge in [-0.2, -0.15) is 5.10 Å².